The van der Waals surface area contributed by atoms with Crippen molar-refractivity contribution in [2.75, 3.05) is 0 Å². The molecule has 1 unspecified atom stereocenters. The number of fused-ring (bicyclic) bond motifs is 1. The first-order valence-electron chi connectivity index (χ1n) is 8.73. The molecule has 7 heteroatoms. The first-order valence-corrected chi connectivity index (χ1v) is 9.11. The van der Waals surface area contributed by atoms with E-state index in [4.69, 9.17) is 11.6 Å². The number of nitrogens with one attached hydrogen (secondary N) is 1. The van der Waals surface area contributed by atoms with Gasteiger partial charge in [0.05, 0.1) is 0 Å². The molecule has 1 aromatic heterocycles. The number of benzene rings is 1. The van der Waals surface area contributed by atoms with Crippen LogP contribution in [0.5, 0.6) is 0 Å². The van der Waals surface area contributed by atoms with Crippen LogP contribution in [0, 0.1) is 6.92 Å². The van der Waals surface area contributed by atoms with Crippen molar-refractivity contribution in [1.82, 2.24) is 19.7 Å². The van der Waals surface area contributed by atoms with Crippen molar-refractivity contribution in [1.29, 1.82) is 0 Å². The maximum Gasteiger partial charge on any atom is 0.345 e. The fourth-order valence-electron chi connectivity index (χ4n) is 3.13. The second-order valence-corrected chi connectivity index (χ2v) is 6.94. The van der Waals surface area contributed by atoms with Crippen molar-refractivity contribution in [3.05, 3.63) is 50.7 Å². The molecule has 0 fully saturated rings. The van der Waals surface area contributed by atoms with E-state index in [-0.39, 0.29) is 17.6 Å². The zero-order valence-electron chi connectivity index (χ0n) is 14.6. The molecule has 1 aliphatic rings. The molecule has 0 radical (unpaired) electrons. The van der Waals surface area contributed by atoms with Crippen LogP contribution in [-0.4, -0.2) is 26.3 Å². The first-order chi connectivity index (χ1) is 12.0. The van der Waals surface area contributed by atoms with Gasteiger partial charge in [-0.25, -0.2) is 9.48 Å². The van der Waals surface area contributed by atoms with E-state index in [9.17, 15) is 9.59 Å². The molecule has 3 rings (SSSR count). The molecule has 1 aromatic carbocycles. The number of aromatic nitrogens is 3. The fraction of sp³-hybridized carbons (Fsp3) is 0.500. The zero-order chi connectivity index (χ0) is 18.0. The quantitative estimate of drug-likeness (QED) is 0.908. The summed E-state index contributed by atoms with van der Waals surface area (Å²) in [7, 11) is 0. The van der Waals surface area contributed by atoms with Crippen LogP contribution in [0.15, 0.2) is 23.0 Å². The highest BCUT2D eigenvalue weighted by molar-refractivity contribution is 6.31. The molecule has 0 bridgehead atoms. The van der Waals surface area contributed by atoms with Crippen molar-refractivity contribution < 1.29 is 4.79 Å². The van der Waals surface area contributed by atoms with Gasteiger partial charge in [0, 0.05) is 36.1 Å². The Bertz CT molecular complexity index is 840. The second-order valence-electron chi connectivity index (χ2n) is 6.54. The summed E-state index contributed by atoms with van der Waals surface area (Å²) in [5.74, 6) is 0.684. The summed E-state index contributed by atoms with van der Waals surface area (Å²) in [4.78, 5) is 24.8. The Hall–Kier alpha value is -2.08. The summed E-state index contributed by atoms with van der Waals surface area (Å²) >= 11 is 6.10. The molecule has 0 aliphatic carbocycles. The smallest absolute Gasteiger partial charge is 0.345 e. The average Bonchev–Trinajstić information content (AvgIpc) is 2.76. The molecule has 2 aromatic rings. The van der Waals surface area contributed by atoms with Crippen LogP contribution < -0.4 is 11.0 Å². The van der Waals surface area contributed by atoms with Gasteiger partial charge in [0.15, 0.2) is 0 Å². The van der Waals surface area contributed by atoms with Crippen LogP contribution in [0.3, 0.4) is 0 Å². The maximum atomic E-state index is 12.4. The molecule has 6 nitrogen and oxygen atoms in total. The SMILES string of the molecule is CCCn1nc2n(c1=O)CCC(NC(=O)c1ccc(C)c(Cl)c1)CC2. The standard InChI is InChI=1S/C18H23ClN4O2/c1-3-9-23-18(25)22-10-8-14(6-7-16(22)21-23)20-17(24)13-5-4-12(2)15(19)11-13/h4-5,11,14H,3,6-10H2,1-2H3,(H,20,24). The van der Waals surface area contributed by atoms with Crippen LogP contribution in [0.4, 0.5) is 0 Å². The van der Waals surface area contributed by atoms with E-state index in [1.165, 1.54) is 0 Å². The summed E-state index contributed by atoms with van der Waals surface area (Å²) in [6, 6.07) is 5.34. The van der Waals surface area contributed by atoms with E-state index < -0.39 is 0 Å². The van der Waals surface area contributed by atoms with Gasteiger partial charge in [0.2, 0.25) is 0 Å². The minimum absolute atomic E-state index is 0.0216. The van der Waals surface area contributed by atoms with Crippen molar-refractivity contribution >= 4 is 17.5 Å². The first kappa shape index (κ1) is 17.7. The van der Waals surface area contributed by atoms with Crippen molar-refractivity contribution in [2.45, 2.75) is 58.7 Å². The number of halogens is 1. The van der Waals surface area contributed by atoms with Crippen LogP contribution in [0.2, 0.25) is 5.02 Å². The molecule has 2 heterocycles. The topological polar surface area (TPSA) is 68.9 Å². The third-order valence-electron chi connectivity index (χ3n) is 4.62. The number of hydrogen-bond donors (Lipinski definition) is 1. The monoisotopic (exact) mass is 362 g/mol. The lowest BCUT2D eigenvalue weighted by molar-refractivity contribution is 0.0933. The van der Waals surface area contributed by atoms with Gasteiger partial charge >= 0.3 is 5.69 Å². The Morgan fingerprint density at radius 3 is 2.92 bits per heavy atom. The fourth-order valence-corrected chi connectivity index (χ4v) is 3.31. The minimum Gasteiger partial charge on any atom is -0.349 e. The Kier molecular flexibility index (Phi) is 5.27. The lowest BCUT2D eigenvalue weighted by atomic mass is 10.1. The highest BCUT2D eigenvalue weighted by atomic mass is 35.5. The molecule has 1 atom stereocenters. The molecule has 1 N–H and O–H groups in total. The number of amides is 1. The van der Waals surface area contributed by atoms with Gasteiger partial charge in [-0.2, -0.15) is 5.10 Å². The Morgan fingerprint density at radius 2 is 2.20 bits per heavy atom. The van der Waals surface area contributed by atoms with E-state index in [0.717, 1.165) is 30.7 Å². The Morgan fingerprint density at radius 1 is 1.40 bits per heavy atom. The van der Waals surface area contributed by atoms with Crippen molar-refractivity contribution in [3.8, 4) is 0 Å². The lowest BCUT2D eigenvalue weighted by Gasteiger charge is -2.16. The van der Waals surface area contributed by atoms with E-state index in [1.807, 2.05) is 19.9 Å². The maximum absolute atomic E-state index is 12.4. The number of carbonyl (C=O) groups excluding carboxylic acids is 1. The minimum atomic E-state index is -0.130. The van der Waals surface area contributed by atoms with E-state index in [1.54, 1.807) is 21.4 Å². The summed E-state index contributed by atoms with van der Waals surface area (Å²) < 4.78 is 3.28. The van der Waals surface area contributed by atoms with Crippen LogP contribution >= 0.6 is 11.6 Å². The number of nitrogens with zero attached hydrogens (tertiary/aromatic N) is 3. The van der Waals surface area contributed by atoms with Crippen molar-refractivity contribution in [2.24, 2.45) is 0 Å². The average molecular weight is 363 g/mol. The largest absolute Gasteiger partial charge is 0.349 e. The molecule has 134 valence electrons. The highest BCUT2D eigenvalue weighted by Crippen LogP contribution is 2.18. The number of carbonyl (C=O) groups is 1. The molecule has 1 aliphatic heterocycles. The summed E-state index contributed by atoms with van der Waals surface area (Å²) in [6.45, 7) is 5.16. The molecule has 0 spiro atoms. The van der Waals surface area contributed by atoms with E-state index in [2.05, 4.69) is 10.4 Å². The predicted octanol–water partition coefficient (Wildman–Crippen LogP) is 2.55. The summed E-state index contributed by atoms with van der Waals surface area (Å²) in [5.41, 5.74) is 1.46. The molecule has 0 saturated carbocycles. The van der Waals surface area contributed by atoms with Crippen LogP contribution in [0.25, 0.3) is 0 Å². The summed E-state index contributed by atoms with van der Waals surface area (Å²) in [5, 5.41) is 8.08. The number of rotatable bonds is 4. The van der Waals surface area contributed by atoms with E-state index >= 15 is 0 Å². The third kappa shape index (κ3) is 3.79. The summed E-state index contributed by atoms with van der Waals surface area (Å²) in [6.07, 6.45) is 3.06. The van der Waals surface area contributed by atoms with Gasteiger partial charge in [0.1, 0.15) is 5.82 Å². The van der Waals surface area contributed by atoms with Gasteiger partial charge < -0.3 is 5.32 Å². The Balaban J connectivity index is 1.67. The third-order valence-corrected chi connectivity index (χ3v) is 5.03. The van der Waals surface area contributed by atoms with E-state index in [0.29, 0.717) is 30.1 Å². The molecular formula is C18H23ClN4O2. The van der Waals surface area contributed by atoms with Gasteiger partial charge in [-0.3, -0.25) is 9.36 Å². The molecule has 1 amide bonds. The van der Waals surface area contributed by atoms with Crippen LogP contribution in [-0.2, 0) is 19.5 Å². The predicted molar refractivity (Wildman–Crippen MR) is 97.2 cm³/mol. The highest BCUT2D eigenvalue weighted by Gasteiger charge is 2.22. The van der Waals surface area contributed by atoms with Crippen molar-refractivity contribution in [3.63, 3.8) is 0 Å². The van der Waals surface area contributed by atoms with Crippen LogP contribution in [0.1, 0.15) is 47.9 Å². The lowest BCUT2D eigenvalue weighted by Crippen LogP contribution is -2.35. The van der Waals surface area contributed by atoms with Gasteiger partial charge in [-0.15, -0.1) is 0 Å². The van der Waals surface area contributed by atoms with Gasteiger partial charge in [-0.1, -0.05) is 24.6 Å². The van der Waals surface area contributed by atoms with Gasteiger partial charge in [0.25, 0.3) is 5.91 Å². The number of hydrogen-bond acceptors (Lipinski definition) is 3. The Labute approximate surface area is 151 Å². The molecular weight excluding hydrogens is 340 g/mol. The second kappa shape index (κ2) is 7.44. The number of aryl methyl sites for hydroxylation is 3. The molecule has 25 heavy (non-hydrogen) atoms. The normalized spacial score (nSPS) is 17.0. The zero-order valence-corrected chi connectivity index (χ0v) is 15.3. The van der Waals surface area contributed by atoms with Gasteiger partial charge in [-0.05, 0) is 43.9 Å². The molecule has 0 saturated heterocycles.